The molecular formula is C8H12O3. The lowest BCUT2D eigenvalue weighted by Gasteiger charge is -2.14. The summed E-state index contributed by atoms with van der Waals surface area (Å²) in [4.78, 5) is 10.7. The monoisotopic (exact) mass is 156 g/mol. The zero-order valence-electron chi connectivity index (χ0n) is 6.79. The van der Waals surface area contributed by atoms with Gasteiger partial charge in [0.25, 0.3) is 0 Å². The fourth-order valence-electron chi connectivity index (χ4n) is 0.696. The highest BCUT2D eigenvalue weighted by Gasteiger charge is 2.46. The Bertz CT molecular complexity index is 182. The van der Waals surface area contributed by atoms with E-state index in [-0.39, 0.29) is 11.7 Å². The van der Waals surface area contributed by atoms with Gasteiger partial charge in [-0.2, -0.15) is 0 Å². The van der Waals surface area contributed by atoms with Gasteiger partial charge in [0.1, 0.15) is 11.7 Å². The molecule has 3 heteroatoms. The molecule has 1 aliphatic heterocycles. The Morgan fingerprint density at radius 1 is 1.91 bits per heavy atom. The lowest BCUT2D eigenvalue weighted by atomic mass is 10.1. The van der Waals surface area contributed by atoms with Gasteiger partial charge < -0.3 is 9.47 Å². The molecule has 0 aromatic heterocycles. The molecular weight excluding hydrogens is 144 g/mol. The van der Waals surface area contributed by atoms with Crippen molar-refractivity contribution < 1.29 is 14.3 Å². The minimum atomic E-state index is -0.394. The van der Waals surface area contributed by atoms with E-state index in [0.717, 1.165) is 6.08 Å². The molecule has 1 heterocycles. The molecule has 1 fully saturated rings. The molecule has 62 valence electrons. The van der Waals surface area contributed by atoms with Gasteiger partial charge in [-0.3, -0.25) is 0 Å². The van der Waals surface area contributed by atoms with Crippen molar-refractivity contribution in [1.82, 2.24) is 0 Å². The maximum Gasteiger partial charge on any atom is 0.330 e. The van der Waals surface area contributed by atoms with Gasteiger partial charge in [-0.15, -0.1) is 0 Å². The van der Waals surface area contributed by atoms with Crippen LogP contribution in [0.15, 0.2) is 12.7 Å². The van der Waals surface area contributed by atoms with Crippen LogP contribution in [0.3, 0.4) is 0 Å². The molecule has 2 unspecified atom stereocenters. The average molecular weight is 156 g/mol. The SMILES string of the molecule is C=CC(=O)OC(C)C1(C)CO1. The summed E-state index contributed by atoms with van der Waals surface area (Å²) >= 11 is 0. The van der Waals surface area contributed by atoms with Gasteiger partial charge in [0.15, 0.2) is 0 Å². The third-order valence-corrected chi connectivity index (χ3v) is 1.92. The van der Waals surface area contributed by atoms with Crippen LogP contribution in [0.1, 0.15) is 13.8 Å². The van der Waals surface area contributed by atoms with Crippen molar-refractivity contribution in [1.29, 1.82) is 0 Å². The summed E-state index contributed by atoms with van der Waals surface area (Å²) in [5.74, 6) is -0.394. The molecule has 0 radical (unpaired) electrons. The third-order valence-electron chi connectivity index (χ3n) is 1.92. The molecule has 2 atom stereocenters. The summed E-state index contributed by atoms with van der Waals surface area (Å²) in [5, 5.41) is 0. The zero-order chi connectivity index (χ0) is 8.48. The van der Waals surface area contributed by atoms with Crippen molar-refractivity contribution in [3.05, 3.63) is 12.7 Å². The second-order valence-corrected chi connectivity index (χ2v) is 2.88. The van der Waals surface area contributed by atoms with Crippen LogP contribution in [-0.2, 0) is 14.3 Å². The van der Waals surface area contributed by atoms with Crippen molar-refractivity contribution in [2.75, 3.05) is 6.61 Å². The predicted molar refractivity (Wildman–Crippen MR) is 40.1 cm³/mol. The van der Waals surface area contributed by atoms with Gasteiger partial charge in [0.2, 0.25) is 0 Å². The summed E-state index contributed by atoms with van der Waals surface area (Å²) in [5.41, 5.74) is -0.251. The van der Waals surface area contributed by atoms with E-state index in [4.69, 9.17) is 9.47 Å². The first-order chi connectivity index (χ1) is 5.08. The zero-order valence-corrected chi connectivity index (χ0v) is 6.79. The molecule has 0 amide bonds. The molecule has 3 nitrogen and oxygen atoms in total. The highest BCUT2D eigenvalue weighted by Crippen LogP contribution is 2.31. The molecule has 0 saturated carbocycles. The van der Waals surface area contributed by atoms with E-state index >= 15 is 0 Å². The van der Waals surface area contributed by atoms with E-state index < -0.39 is 5.97 Å². The van der Waals surface area contributed by atoms with E-state index in [1.54, 1.807) is 0 Å². The van der Waals surface area contributed by atoms with Crippen molar-refractivity contribution in [2.24, 2.45) is 0 Å². The maximum absolute atomic E-state index is 10.7. The van der Waals surface area contributed by atoms with Crippen LogP contribution >= 0.6 is 0 Å². The Hall–Kier alpha value is -0.830. The summed E-state index contributed by atoms with van der Waals surface area (Å²) in [6, 6.07) is 0. The first kappa shape index (κ1) is 8.27. The fraction of sp³-hybridized carbons (Fsp3) is 0.625. The molecule has 1 aliphatic rings. The van der Waals surface area contributed by atoms with E-state index in [1.807, 2.05) is 13.8 Å². The van der Waals surface area contributed by atoms with Gasteiger partial charge in [-0.05, 0) is 13.8 Å². The Morgan fingerprint density at radius 2 is 2.45 bits per heavy atom. The standard InChI is InChI=1S/C8H12O3/c1-4-7(9)11-6(2)8(3)5-10-8/h4,6H,1,5H2,2-3H3. The Labute approximate surface area is 66.0 Å². The van der Waals surface area contributed by atoms with Crippen molar-refractivity contribution in [3.8, 4) is 0 Å². The minimum absolute atomic E-state index is 0.187. The lowest BCUT2D eigenvalue weighted by molar-refractivity contribution is -0.145. The maximum atomic E-state index is 10.7. The quantitative estimate of drug-likeness (QED) is 0.346. The summed E-state index contributed by atoms with van der Waals surface area (Å²) in [6.07, 6.45) is 0.968. The van der Waals surface area contributed by atoms with Crippen LogP contribution in [0.5, 0.6) is 0 Å². The molecule has 11 heavy (non-hydrogen) atoms. The molecule has 0 spiro atoms. The Balaban J connectivity index is 2.37. The van der Waals surface area contributed by atoms with Gasteiger partial charge >= 0.3 is 5.97 Å². The number of epoxide rings is 1. The van der Waals surface area contributed by atoms with Crippen LogP contribution in [0.25, 0.3) is 0 Å². The van der Waals surface area contributed by atoms with Crippen molar-refractivity contribution in [2.45, 2.75) is 25.6 Å². The van der Waals surface area contributed by atoms with Crippen LogP contribution < -0.4 is 0 Å². The molecule has 0 N–H and O–H groups in total. The second kappa shape index (κ2) is 2.66. The number of hydrogen-bond donors (Lipinski definition) is 0. The minimum Gasteiger partial charge on any atom is -0.456 e. The van der Waals surface area contributed by atoms with Crippen LogP contribution in [-0.4, -0.2) is 24.3 Å². The smallest absolute Gasteiger partial charge is 0.330 e. The molecule has 1 saturated heterocycles. The normalized spacial score (nSPS) is 30.7. The van der Waals surface area contributed by atoms with E-state index in [2.05, 4.69) is 6.58 Å². The molecule has 1 rings (SSSR count). The lowest BCUT2D eigenvalue weighted by Crippen LogP contribution is -2.28. The highest BCUT2D eigenvalue weighted by molar-refractivity contribution is 5.81. The van der Waals surface area contributed by atoms with Gasteiger partial charge in [-0.1, -0.05) is 6.58 Å². The van der Waals surface area contributed by atoms with Gasteiger partial charge in [0, 0.05) is 6.08 Å². The molecule has 0 aliphatic carbocycles. The predicted octanol–water partition coefficient (Wildman–Crippen LogP) is 0.893. The topological polar surface area (TPSA) is 38.8 Å². The summed E-state index contributed by atoms with van der Waals surface area (Å²) in [7, 11) is 0. The van der Waals surface area contributed by atoms with Gasteiger partial charge in [-0.25, -0.2) is 4.79 Å². The Morgan fingerprint density at radius 3 is 2.82 bits per heavy atom. The van der Waals surface area contributed by atoms with E-state index in [9.17, 15) is 4.79 Å². The number of carbonyl (C=O) groups is 1. The average Bonchev–Trinajstić information content (AvgIpc) is 2.69. The summed E-state index contributed by atoms with van der Waals surface area (Å²) < 4.78 is 10.0. The van der Waals surface area contributed by atoms with Crippen LogP contribution in [0.2, 0.25) is 0 Å². The first-order valence-electron chi connectivity index (χ1n) is 3.55. The van der Waals surface area contributed by atoms with E-state index in [1.165, 1.54) is 0 Å². The highest BCUT2D eigenvalue weighted by atomic mass is 16.6. The number of hydrogen-bond acceptors (Lipinski definition) is 3. The molecule has 0 bridgehead atoms. The number of rotatable bonds is 3. The third kappa shape index (κ3) is 1.80. The van der Waals surface area contributed by atoms with Crippen LogP contribution in [0.4, 0.5) is 0 Å². The molecule has 0 aromatic rings. The number of ether oxygens (including phenoxy) is 2. The Kier molecular flexibility index (Phi) is 2.00. The number of esters is 1. The van der Waals surface area contributed by atoms with E-state index in [0.29, 0.717) is 6.61 Å². The number of carbonyl (C=O) groups excluding carboxylic acids is 1. The van der Waals surface area contributed by atoms with Crippen molar-refractivity contribution in [3.63, 3.8) is 0 Å². The molecule has 0 aromatic carbocycles. The first-order valence-corrected chi connectivity index (χ1v) is 3.55. The second-order valence-electron chi connectivity index (χ2n) is 2.88. The largest absolute Gasteiger partial charge is 0.456 e. The fourth-order valence-corrected chi connectivity index (χ4v) is 0.696. The van der Waals surface area contributed by atoms with Gasteiger partial charge in [0.05, 0.1) is 6.61 Å². The van der Waals surface area contributed by atoms with Crippen LogP contribution in [0, 0.1) is 0 Å². The van der Waals surface area contributed by atoms with Crippen molar-refractivity contribution >= 4 is 5.97 Å². The summed E-state index contributed by atoms with van der Waals surface area (Å²) in [6.45, 7) is 7.69.